The van der Waals surface area contributed by atoms with Crippen molar-refractivity contribution in [3.05, 3.63) is 102 Å². The second-order valence-electron chi connectivity index (χ2n) is 13.1. The van der Waals surface area contributed by atoms with Crippen LogP contribution in [0.1, 0.15) is 49.3 Å². The van der Waals surface area contributed by atoms with Gasteiger partial charge in [0, 0.05) is 37.8 Å². The molecule has 1 aliphatic heterocycles. The predicted octanol–water partition coefficient (Wildman–Crippen LogP) is 4.20. The third kappa shape index (κ3) is 8.57. The van der Waals surface area contributed by atoms with Crippen LogP contribution < -0.4 is 26.6 Å². The number of aliphatic hydroxyl groups is 2. The van der Waals surface area contributed by atoms with E-state index in [4.69, 9.17) is 5.11 Å². The molecule has 1 unspecified atom stereocenters. The Labute approximate surface area is 281 Å². The van der Waals surface area contributed by atoms with Gasteiger partial charge in [-0.15, -0.1) is 0 Å². The van der Waals surface area contributed by atoms with Gasteiger partial charge < -0.3 is 36.8 Å². The number of aliphatic hydroxyl groups excluding tert-OH is 2. The molecular weight excluding hydrogens is 606 g/mol. The molecule has 1 heterocycles. The molecule has 48 heavy (non-hydrogen) atoms. The molecule has 0 fully saturated rings. The second-order valence-corrected chi connectivity index (χ2v) is 13.1. The Morgan fingerprint density at radius 2 is 1.71 bits per heavy atom. The van der Waals surface area contributed by atoms with E-state index in [0.29, 0.717) is 19.4 Å². The molecular formula is C38H45N5O5. The Kier molecular flexibility index (Phi) is 11.1. The Morgan fingerprint density at radius 3 is 2.46 bits per heavy atom. The van der Waals surface area contributed by atoms with Crippen LogP contribution in [0.25, 0.3) is 21.9 Å². The third-order valence-electron chi connectivity index (χ3n) is 8.87. The number of benzene rings is 4. The zero-order chi connectivity index (χ0) is 34.3. The summed E-state index contributed by atoms with van der Waals surface area (Å²) >= 11 is 0. The van der Waals surface area contributed by atoms with Gasteiger partial charge in [0.05, 0.1) is 12.7 Å². The highest BCUT2D eigenvalue weighted by Crippen LogP contribution is 2.39. The molecule has 0 aromatic heterocycles. The van der Waals surface area contributed by atoms with Crippen LogP contribution in [0.3, 0.4) is 0 Å². The largest absolute Gasteiger partial charge is 0.394 e. The topological polar surface area (TPSA) is 152 Å². The van der Waals surface area contributed by atoms with Crippen molar-refractivity contribution in [2.45, 2.75) is 63.3 Å². The summed E-state index contributed by atoms with van der Waals surface area (Å²) in [5, 5.41) is 35.7. The molecule has 4 aromatic rings. The van der Waals surface area contributed by atoms with Crippen molar-refractivity contribution in [1.29, 1.82) is 0 Å². The number of hydrogen-bond donors (Lipinski definition) is 7. The summed E-state index contributed by atoms with van der Waals surface area (Å²) in [4.78, 5) is 38.7. The summed E-state index contributed by atoms with van der Waals surface area (Å²) in [7, 11) is 1.59. The number of fused-ring (bicyclic) bond motifs is 3. The van der Waals surface area contributed by atoms with Crippen LogP contribution in [-0.4, -0.2) is 65.9 Å². The summed E-state index contributed by atoms with van der Waals surface area (Å²) in [5.41, 5.74) is 5.29. The number of amides is 4. The number of nitrogens with one attached hydrogen (secondary N) is 5. The van der Waals surface area contributed by atoms with Gasteiger partial charge in [0.25, 0.3) is 0 Å². The fourth-order valence-corrected chi connectivity index (χ4v) is 6.38. The van der Waals surface area contributed by atoms with Gasteiger partial charge >= 0.3 is 6.03 Å². The zero-order valence-electron chi connectivity index (χ0n) is 27.7. The molecule has 0 radical (unpaired) electrons. The van der Waals surface area contributed by atoms with Crippen molar-refractivity contribution in [3.8, 4) is 11.1 Å². The van der Waals surface area contributed by atoms with Crippen LogP contribution in [0, 0.1) is 0 Å². The van der Waals surface area contributed by atoms with Crippen molar-refractivity contribution < 1.29 is 24.6 Å². The molecule has 252 valence electrons. The molecule has 5 rings (SSSR count). The van der Waals surface area contributed by atoms with Gasteiger partial charge in [0.1, 0.15) is 6.04 Å². The number of β-amino-alcohol motifs (C(OH)–C–C–N with tert-alkyl or cyclic N) is 1. The summed E-state index contributed by atoms with van der Waals surface area (Å²) in [6.45, 7) is 3.85. The Morgan fingerprint density at radius 1 is 0.979 bits per heavy atom. The summed E-state index contributed by atoms with van der Waals surface area (Å²) in [5.74, 6) is -0.633. The van der Waals surface area contributed by atoms with E-state index < -0.39 is 17.7 Å². The Bertz CT molecular complexity index is 1760. The quantitative estimate of drug-likeness (QED) is 0.122. The van der Waals surface area contributed by atoms with E-state index in [9.17, 15) is 19.5 Å². The highest BCUT2D eigenvalue weighted by molar-refractivity contribution is 6.02. The molecule has 4 aromatic carbocycles. The first kappa shape index (κ1) is 34.6. The first-order chi connectivity index (χ1) is 23.1. The minimum Gasteiger partial charge on any atom is -0.394 e. The highest BCUT2D eigenvalue weighted by atomic mass is 16.3. The minimum atomic E-state index is -0.927. The lowest BCUT2D eigenvalue weighted by Crippen LogP contribution is -2.50. The Hall–Kier alpha value is -4.77. The smallest absolute Gasteiger partial charge is 0.314 e. The average Bonchev–Trinajstić information content (AvgIpc) is 3.21. The maximum Gasteiger partial charge on any atom is 0.314 e. The van der Waals surface area contributed by atoms with Crippen molar-refractivity contribution >= 4 is 34.3 Å². The summed E-state index contributed by atoms with van der Waals surface area (Å²) in [6, 6.07) is 27.4. The van der Waals surface area contributed by atoms with Gasteiger partial charge in [0.2, 0.25) is 11.8 Å². The first-order valence-corrected chi connectivity index (χ1v) is 16.4. The van der Waals surface area contributed by atoms with Crippen LogP contribution in [0.15, 0.2) is 84.9 Å². The second kappa shape index (κ2) is 15.4. The monoisotopic (exact) mass is 651 g/mol. The SMILES string of the molecule is CNC(=O)NCc1ccccc1-c1ccc(CC2C[C@@H](NC(=O)CC(C)(C)NC[C@H](O)CO)C(=O)Nc3ccc4ccccc4c32)cc1. The Balaban J connectivity index is 1.39. The molecule has 0 bridgehead atoms. The highest BCUT2D eigenvalue weighted by Gasteiger charge is 2.33. The van der Waals surface area contributed by atoms with E-state index in [1.807, 2.05) is 62.4 Å². The molecule has 0 saturated carbocycles. The fourth-order valence-electron chi connectivity index (χ4n) is 6.38. The molecule has 7 N–H and O–H groups in total. The van der Waals surface area contributed by atoms with E-state index in [1.165, 1.54) is 0 Å². The van der Waals surface area contributed by atoms with Crippen LogP contribution >= 0.6 is 0 Å². The van der Waals surface area contributed by atoms with Gasteiger partial charge in [-0.25, -0.2) is 4.79 Å². The molecule has 10 heteroatoms. The molecule has 10 nitrogen and oxygen atoms in total. The number of hydrogen-bond acceptors (Lipinski definition) is 6. The van der Waals surface area contributed by atoms with Gasteiger partial charge in [-0.2, -0.15) is 0 Å². The van der Waals surface area contributed by atoms with Gasteiger partial charge in [-0.3, -0.25) is 9.59 Å². The average molecular weight is 652 g/mol. The number of anilines is 1. The number of carbonyl (C=O) groups excluding carboxylic acids is 3. The van der Waals surface area contributed by atoms with E-state index >= 15 is 0 Å². The van der Waals surface area contributed by atoms with Crippen molar-refractivity contribution in [2.24, 2.45) is 0 Å². The third-order valence-corrected chi connectivity index (χ3v) is 8.87. The lowest BCUT2D eigenvalue weighted by molar-refractivity contribution is -0.127. The predicted molar refractivity (Wildman–Crippen MR) is 189 cm³/mol. The van der Waals surface area contributed by atoms with Crippen LogP contribution in [-0.2, 0) is 22.6 Å². The van der Waals surface area contributed by atoms with E-state index in [0.717, 1.165) is 44.3 Å². The van der Waals surface area contributed by atoms with Crippen LogP contribution in [0.5, 0.6) is 0 Å². The van der Waals surface area contributed by atoms with Gasteiger partial charge in [-0.05, 0) is 77.3 Å². The molecule has 4 amide bonds. The van der Waals surface area contributed by atoms with Crippen molar-refractivity contribution in [2.75, 3.05) is 25.5 Å². The van der Waals surface area contributed by atoms with Crippen LogP contribution in [0.2, 0.25) is 0 Å². The number of carbonyl (C=O) groups is 3. The lowest BCUT2D eigenvalue weighted by Gasteiger charge is -2.28. The molecule has 3 atom stereocenters. The lowest BCUT2D eigenvalue weighted by atomic mass is 9.83. The van der Waals surface area contributed by atoms with Gasteiger partial charge in [-0.1, -0.05) is 78.9 Å². The summed E-state index contributed by atoms with van der Waals surface area (Å²) in [6.07, 6.45) is 0.209. The summed E-state index contributed by atoms with van der Waals surface area (Å²) < 4.78 is 0. The molecule has 0 saturated heterocycles. The van der Waals surface area contributed by atoms with Crippen molar-refractivity contribution in [3.63, 3.8) is 0 Å². The maximum absolute atomic E-state index is 13.6. The fraction of sp³-hybridized carbons (Fsp3) is 0.342. The molecule has 0 aliphatic carbocycles. The van der Waals surface area contributed by atoms with E-state index in [-0.39, 0.29) is 43.3 Å². The van der Waals surface area contributed by atoms with Gasteiger partial charge in [0.15, 0.2) is 0 Å². The first-order valence-electron chi connectivity index (χ1n) is 16.4. The molecule has 0 spiro atoms. The van der Waals surface area contributed by atoms with Crippen molar-refractivity contribution in [1.82, 2.24) is 21.3 Å². The zero-order valence-corrected chi connectivity index (χ0v) is 27.7. The normalized spacial score (nSPS) is 16.7. The van der Waals surface area contributed by atoms with E-state index in [2.05, 4.69) is 63.0 Å². The number of urea groups is 1. The number of rotatable bonds is 12. The molecule has 1 aliphatic rings. The van der Waals surface area contributed by atoms with E-state index in [1.54, 1.807) is 7.05 Å². The van der Waals surface area contributed by atoms with Crippen LogP contribution in [0.4, 0.5) is 10.5 Å². The standard InChI is InChI=1S/C38H45N5O5/c1-38(2,41-22-29(45)23-44)20-34(46)42-33-19-28(35-31-11-7-4-8-25(31)16-17-32(35)43-36(33)47)18-24-12-14-26(15-13-24)30-10-6-5-9-27(30)21-40-37(48)39-3/h4-17,28-29,33,41,44-45H,18-23H2,1-3H3,(H,42,46)(H,43,47)(H2,39,40,48)/t28?,29-,33+/m0/s1. The maximum atomic E-state index is 13.6. The minimum absolute atomic E-state index is 0.0804.